The topological polar surface area (TPSA) is 72.0 Å². The molecule has 0 bridgehead atoms. The van der Waals surface area contributed by atoms with Crippen molar-refractivity contribution < 1.29 is 14.0 Å². The van der Waals surface area contributed by atoms with Crippen molar-refractivity contribution in [2.24, 2.45) is 0 Å². The summed E-state index contributed by atoms with van der Waals surface area (Å²) in [6.07, 6.45) is 3.21. The first kappa shape index (κ1) is 12.7. The number of aromatic nitrogens is 3. The van der Waals surface area contributed by atoms with E-state index in [0.29, 0.717) is 11.4 Å². The molecular weight excluding hydrogens is 329 g/mol. The molecule has 7 heteroatoms. The molecule has 0 aliphatic heterocycles. The minimum absolute atomic E-state index is 0.0393. The first-order chi connectivity index (χ1) is 9.63. The van der Waals surface area contributed by atoms with E-state index in [4.69, 9.17) is 4.52 Å². The Morgan fingerprint density at radius 2 is 2.05 bits per heavy atom. The van der Waals surface area contributed by atoms with Gasteiger partial charge in [0.15, 0.2) is 0 Å². The van der Waals surface area contributed by atoms with E-state index in [1.54, 1.807) is 18.5 Å². The van der Waals surface area contributed by atoms with Crippen molar-refractivity contribution in [1.82, 2.24) is 15.1 Å². The van der Waals surface area contributed by atoms with Crippen molar-refractivity contribution in [3.8, 4) is 28.6 Å². The molecule has 0 aliphatic carbocycles. The number of rotatable bonds is 2. The van der Waals surface area contributed by atoms with E-state index < -0.39 is 5.82 Å². The number of halogens is 2. The third kappa shape index (κ3) is 2.39. The lowest BCUT2D eigenvalue weighted by atomic mass is 10.2. The van der Waals surface area contributed by atoms with E-state index in [-0.39, 0.29) is 17.2 Å². The van der Waals surface area contributed by atoms with Crippen LogP contribution in [0, 0.1) is 5.82 Å². The first-order valence-corrected chi connectivity index (χ1v) is 6.36. The van der Waals surface area contributed by atoms with Gasteiger partial charge >= 0.3 is 0 Å². The van der Waals surface area contributed by atoms with Crippen LogP contribution in [-0.4, -0.2) is 20.2 Å². The lowest BCUT2D eigenvalue weighted by molar-refractivity contribution is 0.428. The van der Waals surface area contributed by atoms with Crippen LogP contribution in [0.2, 0.25) is 0 Å². The summed E-state index contributed by atoms with van der Waals surface area (Å²) in [7, 11) is 0. The van der Waals surface area contributed by atoms with Crippen LogP contribution in [0.4, 0.5) is 4.39 Å². The Kier molecular flexibility index (Phi) is 3.19. The summed E-state index contributed by atoms with van der Waals surface area (Å²) in [6, 6.07) is 5.48. The van der Waals surface area contributed by atoms with Crippen molar-refractivity contribution in [1.29, 1.82) is 0 Å². The second kappa shape index (κ2) is 5.01. The van der Waals surface area contributed by atoms with E-state index >= 15 is 0 Å². The summed E-state index contributed by atoms with van der Waals surface area (Å²) in [5.74, 6) is -0.450. The second-order valence-corrected chi connectivity index (χ2v) is 4.89. The van der Waals surface area contributed by atoms with E-state index in [2.05, 4.69) is 31.1 Å². The van der Waals surface area contributed by atoms with Crippen LogP contribution in [0.1, 0.15) is 0 Å². The highest BCUT2D eigenvalue weighted by molar-refractivity contribution is 9.10. The fourth-order valence-electron chi connectivity index (χ4n) is 1.66. The molecule has 3 aromatic rings. The average Bonchev–Trinajstić information content (AvgIpc) is 2.88. The summed E-state index contributed by atoms with van der Waals surface area (Å²) in [4.78, 5) is 8.12. The van der Waals surface area contributed by atoms with Gasteiger partial charge in [-0.2, -0.15) is 4.98 Å². The molecule has 0 saturated heterocycles. The minimum atomic E-state index is -0.632. The van der Waals surface area contributed by atoms with Gasteiger partial charge in [0, 0.05) is 28.5 Å². The van der Waals surface area contributed by atoms with Gasteiger partial charge in [-0.15, -0.1) is 0 Å². The first-order valence-electron chi connectivity index (χ1n) is 5.57. The van der Waals surface area contributed by atoms with Crippen LogP contribution < -0.4 is 0 Å². The van der Waals surface area contributed by atoms with Gasteiger partial charge in [-0.1, -0.05) is 5.16 Å². The zero-order valence-corrected chi connectivity index (χ0v) is 11.5. The number of pyridine rings is 1. The molecular formula is C13H7BrFN3O2. The van der Waals surface area contributed by atoms with Gasteiger partial charge in [-0.25, -0.2) is 4.39 Å². The molecule has 20 heavy (non-hydrogen) atoms. The van der Waals surface area contributed by atoms with Crippen LogP contribution in [0.15, 0.2) is 45.7 Å². The second-order valence-electron chi connectivity index (χ2n) is 3.98. The van der Waals surface area contributed by atoms with E-state index in [1.807, 2.05) is 0 Å². The van der Waals surface area contributed by atoms with Crippen LogP contribution in [0.25, 0.3) is 22.8 Å². The average molecular weight is 336 g/mol. The molecule has 2 aromatic heterocycles. The number of nitrogens with zero attached hydrogens (tertiary/aromatic N) is 3. The fraction of sp³-hybridized carbons (Fsp3) is 0. The van der Waals surface area contributed by atoms with Crippen molar-refractivity contribution in [3.05, 3.63) is 46.9 Å². The molecule has 0 amide bonds. The highest BCUT2D eigenvalue weighted by Gasteiger charge is 2.15. The van der Waals surface area contributed by atoms with Crippen LogP contribution in [-0.2, 0) is 0 Å². The van der Waals surface area contributed by atoms with Crippen LogP contribution in [0.3, 0.4) is 0 Å². The molecule has 0 unspecified atom stereocenters. The molecule has 0 saturated carbocycles. The van der Waals surface area contributed by atoms with Crippen molar-refractivity contribution >= 4 is 15.9 Å². The predicted molar refractivity (Wildman–Crippen MR) is 72.3 cm³/mol. The molecule has 0 spiro atoms. The van der Waals surface area contributed by atoms with Gasteiger partial charge in [0.05, 0.1) is 5.56 Å². The highest BCUT2D eigenvalue weighted by atomic mass is 79.9. The van der Waals surface area contributed by atoms with E-state index in [1.165, 1.54) is 12.1 Å². The van der Waals surface area contributed by atoms with Crippen LogP contribution >= 0.6 is 15.9 Å². The Morgan fingerprint density at radius 3 is 2.80 bits per heavy atom. The zero-order valence-electron chi connectivity index (χ0n) is 9.92. The fourth-order valence-corrected chi connectivity index (χ4v) is 2.03. The summed E-state index contributed by atoms with van der Waals surface area (Å²) in [5, 5.41) is 13.0. The number of aromatic hydroxyl groups is 1. The lowest BCUT2D eigenvalue weighted by Gasteiger charge is -1.97. The Morgan fingerprint density at radius 1 is 1.20 bits per heavy atom. The van der Waals surface area contributed by atoms with Gasteiger partial charge in [0.1, 0.15) is 11.6 Å². The normalized spacial score (nSPS) is 10.7. The van der Waals surface area contributed by atoms with Crippen molar-refractivity contribution in [3.63, 3.8) is 0 Å². The van der Waals surface area contributed by atoms with E-state index in [0.717, 1.165) is 10.5 Å². The molecule has 1 N–H and O–H groups in total. The quantitative estimate of drug-likeness (QED) is 0.776. The van der Waals surface area contributed by atoms with Crippen molar-refractivity contribution in [2.45, 2.75) is 0 Å². The maximum absolute atomic E-state index is 13.7. The molecule has 3 rings (SSSR count). The minimum Gasteiger partial charge on any atom is -0.508 e. The van der Waals surface area contributed by atoms with Gasteiger partial charge < -0.3 is 9.63 Å². The SMILES string of the molecule is Oc1ccc(-c2nc(-c3cncc(Br)c3)no2)c(F)c1. The van der Waals surface area contributed by atoms with Gasteiger partial charge in [-0.05, 0) is 34.1 Å². The maximum Gasteiger partial charge on any atom is 0.261 e. The molecule has 0 radical (unpaired) electrons. The third-order valence-electron chi connectivity index (χ3n) is 2.57. The Balaban J connectivity index is 2.02. The van der Waals surface area contributed by atoms with Gasteiger partial charge in [0.2, 0.25) is 5.82 Å². The summed E-state index contributed by atoms with van der Waals surface area (Å²) in [5.41, 5.74) is 0.776. The van der Waals surface area contributed by atoms with Crippen LogP contribution in [0.5, 0.6) is 5.75 Å². The molecule has 0 atom stereocenters. The standard InChI is InChI=1S/C13H7BrFN3O2/c14-8-3-7(5-16-6-8)12-17-13(20-18-12)10-2-1-9(19)4-11(10)15/h1-6,19H. The smallest absolute Gasteiger partial charge is 0.261 e. The highest BCUT2D eigenvalue weighted by Crippen LogP contribution is 2.27. The van der Waals surface area contributed by atoms with Crippen molar-refractivity contribution in [2.75, 3.05) is 0 Å². The summed E-state index contributed by atoms with van der Waals surface area (Å²) < 4.78 is 19.5. The molecule has 5 nitrogen and oxygen atoms in total. The lowest BCUT2D eigenvalue weighted by Crippen LogP contribution is -1.85. The largest absolute Gasteiger partial charge is 0.508 e. The number of hydrogen-bond acceptors (Lipinski definition) is 5. The molecule has 2 heterocycles. The summed E-state index contributed by atoms with van der Waals surface area (Å²) >= 11 is 3.29. The molecule has 0 aliphatic rings. The van der Waals surface area contributed by atoms with Gasteiger partial charge in [0.25, 0.3) is 5.89 Å². The molecule has 0 fully saturated rings. The Hall–Kier alpha value is -2.28. The number of hydrogen-bond donors (Lipinski definition) is 1. The van der Waals surface area contributed by atoms with Gasteiger partial charge in [-0.3, -0.25) is 4.98 Å². The number of benzene rings is 1. The van der Waals surface area contributed by atoms with E-state index in [9.17, 15) is 9.50 Å². The molecule has 1 aromatic carbocycles. The Labute approximate surface area is 121 Å². The molecule has 100 valence electrons. The number of phenols is 1. The Bertz CT molecular complexity index is 776. The third-order valence-corrected chi connectivity index (χ3v) is 3.01. The predicted octanol–water partition coefficient (Wildman–Crippen LogP) is 3.41. The summed E-state index contributed by atoms with van der Waals surface area (Å²) in [6.45, 7) is 0. The monoisotopic (exact) mass is 335 g/mol. The zero-order chi connectivity index (χ0) is 14.1. The maximum atomic E-state index is 13.7. The number of phenolic OH excluding ortho intramolecular Hbond substituents is 1.